The molecule has 0 aromatic carbocycles. The van der Waals surface area contributed by atoms with E-state index >= 15 is 0 Å². The smallest absolute Gasteiger partial charge is 0.274 e. The van der Waals surface area contributed by atoms with Crippen molar-refractivity contribution in [3.63, 3.8) is 0 Å². The van der Waals surface area contributed by atoms with Crippen molar-refractivity contribution in [3.05, 3.63) is 48.0 Å². The van der Waals surface area contributed by atoms with Crippen molar-refractivity contribution in [2.75, 3.05) is 13.1 Å². The number of hydrogen-bond donors (Lipinski definition) is 0. The third kappa shape index (κ3) is 3.03. The van der Waals surface area contributed by atoms with E-state index in [2.05, 4.69) is 23.9 Å². The zero-order chi connectivity index (χ0) is 15.5. The summed E-state index contributed by atoms with van der Waals surface area (Å²) in [5.74, 6) is 0.353. The molecule has 0 saturated carbocycles. The van der Waals surface area contributed by atoms with Crippen LogP contribution in [0.1, 0.15) is 54.8 Å². The summed E-state index contributed by atoms with van der Waals surface area (Å²) in [5, 5.41) is 4.39. The molecule has 0 spiro atoms. The lowest BCUT2D eigenvalue weighted by Gasteiger charge is -2.32. The number of aromatic nitrogens is 3. The number of piperidine rings is 1. The third-order valence-corrected chi connectivity index (χ3v) is 4.17. The van der Waals surface area contributed by atoms with Gasteiger partial charge < -0.3 is 4.90 Å². The van der Waals surface area contributed by atoms with Crippen LogP contribution in [0.2, 0.25) is 0 Å². The second kappa shape index (κ2) is 6.30. The molecule has 1 aliphatic heterocycles. The highest BCUT2D eigenvalue weighted by atomic mass is 16.2. The number of likely N-dealkylation sites (tertiary alicyclic amines) is 1. The number of hydrogen-bond acceptors (Lipinski definition) is 3. The average Bonchev–Trinajstić information content (AvgIpc) is 3.05. The molecule has 0 bridgehead atoms. The van der Waals surface area contributed by atoms with Crippen LogP contribution in [0.5, 0.6) is 0 Å². The van der Waals surface area contributed by atoms with Crippen LogP contribution in [0.4, 0.5) is 0 Å². The quantitative estimate of drug-likeness (QED) is 0.875. The Morgan fingerprint density at radius 3 is 2.86 bits per heavy atom. The molecule has 2 aromatic rings. The maximum Gasteiger partial charge on any atom is 0.274 e. The van der Waals surface area contributed by atoms with E-state index in [4.69, 9.17) is 0 Å². The Labute approximate surface area is 131 Å². The van der Waals surface area contributed by atoms with E-state index in [1.54, 1.807) is 0 Å². The highest BCUT2D eigenvalue weighted by Gasteiger charge is 2.27. The molecule has 5 nitrogen and oxygen atoms in total. The van der Waals surface area contributed by atoms with Crippen LogP contribution in [0.15, 0.2) is 36.7 Å². The first kappa shape index (κ1) is 14.8. The first-order chi connectivity index (χ1) is 10.6. The Bertz CT molecular complexity index is 635. The van der Waals surface area contributed by atoms with Gasteiger partial charge >= 0.3 is 0 Å². The Morgan fingerprint density at radius 2 is 2.18 bits per heavy atom. The predicted octanol–water partition coefficient (Wildman–Crippen LogP) is 2.88. The molecule has 22 heavy (non-hydrogen) atoms. The SMILES string of the molecule is CC(C)n1ccc(C(=O)N2CCCC(c3ccccn3)C2)n1. The van der Waals surface area contributed by atoms with Crippen LogP contribution < -0.4 is 0 Å². The van der Waals surface area contributed by atoms with Crippen molar-refractivity contribution in [1.82, 2.24) is 19.7 Å². The fourth-order valence-electron chi connectivity index (χ4n) is 2.92. The van der Waals surface area contributed by atoms with Gasteiger partial charge in [0.25, 0.3) is 5.91 Å². The molecule has 1 unspecified atom stereocenters. The summed E-state index contributed by atoms with van der Waals surface area (Å²) in [4.78, 5) is 19.0. The number of nitrogens with zero attached hydrogens (tertiary/aromatic N) is 4. The lowest BCUT2D eigenvalue weighted by molar-refractivity contribution is 0.0699. The fraction of sp³-hybridized carbons (Fsp3) is 0.471. The molecule has 1 fully saturated rings. The van der Waals surface area contributed by atoms with Crippen molar-refractivity contribution < 1.29 is 4.79 Å². The first-order valence-electron chi connectivity index (χ1n) is 7.90. The standard InChI is InChI=1S/C17H22N4O/c1-13(2)21-11-8-16(19-21)17(22)20-10-5-6-14(12-20)15-7-3-4-9-18-15/h3-4,7-9,11,13-14H,5-6,10,12H2,1-2H3. The third-order valence-electron chi connectivity index (χ3n) is 4.17. The monoisotopic (exact) mass is 298 g/mol. The van der Waals surface area contributed by atoms with E-state index < -0.39 is 0 Å². The van der Waals surface area contributed by atoms with Crippen molar-refractivity contribution in [2.24, 2.45) is 0 Å². The molecular formula is C17H22N4O. The molecule has 3 heterocycles. The van der Waals surface area contributed by atoms with Gasteiger partial charge in [-0.15, -0.1) is 0 Å². The number of rotatable bonds is 3. The Morgan fingerprint density at radius 1 is 1.32 bits per heavy atom. The largest absolute Gasteiger partial charge is 0.337 e. The predicted molar refractivity (Wildman–Crippen MR) is 84.7 cm³/mol. The van der Waals surface area contributed by atoms with E-state index in [9.17, 15) is 4.79 Å². The number of amides is 1. The van der Waals surface area contributed by atoms with Gasteiger partial charge in [0, 0.05) is 43.1 Å². The van der Waals surface area contributed by atoms with Crippen LogP contribution in [0, 0.1) is 0 Å². The summed E-state index contributed by atoms with van der Waals surface area (Å²) in [6.45, 7) is 5.64. The van der Waals surface area contributed by atoms with Gasteiger partial charge in [-0.05, 0) is 44.9 Å². The Balaban J connectivity index is 1.72. The van der Waals surface area contributed by atoms with Gasteiger partial charge in [0.2, 0.25) is 0 Å². The summed E-state index contributed by atoms with van der Waals surface area (Å²) in [6, 6.07) is 8.06. The van der Waals surface area contributed by atoms with Crippen molar-refractivity contribution >= 4 is 5.91 Å². The molecular weight excluding hydrogens is 276 g/mol. The molecule has 3 rings (SSSR count). The van der Waals surface area contributed by atoms with Crippen molar-refractivity contribution in [3.8, 4) is 0 Å². The fourth-order valence-corrected chi connectivity index (χ4v) is 2.92. The number of carbonyl (C=O) groups is 1. The van der Waals surface area contributed by atoms with E-state index in [0.29, 0.717) is 11.6 Å². The average molecular weight is 298 g/mol. The molecule has 116 valence electrons. The van der Waals surface area contributed by atoms with E-state index in [0.717, 1.165) is 31.6 Å². The molecule has 1 saturated heterocycles. The summed E-state index contributed by atoms with van der Waals surface area (Å²) in [5.41, 5.74) is 1.61. The van der Waals surface area contributed by atoms with Crippen LogP contribution in [0.25, 0.3) is 0 Å². The molecule has 0 aliphatic carbocycles. The molecule has 5 heteroatoms. The van der Waals surface area contributed by atoms with Crippen molar-refractivity contribution in [1.29, 1.82) is 0 Å². The topological polar surface area (TPSA) is 51.0 Å². The van der Waals surface area contributed by atoms with Gasteiger partial charge in [-0.2, -0.15) is 5.10 Å². The lowest BCUT2D eigenvalue weighted by Crippen LogP contribution is -2.39. The minimum absolute atomic E-state index is 0.0278. The summed E-state index contributed by atoms with van der Waals surface area (Å²) in [6.07, 6.45) is 5.79. The molecule has 2 aromatic heterocycles. The van der Waals surface area contributed by atoms with Gasteiger partial charge in [0.1, 0.15) is 5.69 Å². The summed E-state index contributed by atoms with van der Waals surface area (Å²) >= 11 is 0. The maximum absolute atomic E-state index is 12.6. The van der Waals surface area contributed by atoms with Crippen LogP contribution in [-0.2, 0) is 0 Å². The summed E-state index contributed by atoms with van der Waals surface area (Å²) in [7, 11) is 0. The molecule has 0 N–H and O–H groups in total. The van der Waals surface area contributed by atoms with Crippen molar-refractivity contribution in [2.45, 2.75) is 38.6 Å². The highest BCUT2D eigenvalue weighted by Crippen LogP contribution is 2.26. The minimum Gasteiger partial charge on any atom is -0.337 e. The van der Waals surface area contributed by atoms with Gasteiger partial charge in [0.05, 0.1) is 0 Å². The normalized spacial score (nSPS) is 18.7. The Kier molecular flexibility index (Phi) is 4.22. The zero-order valence-electron chi connectivity index (χ0n) is 13.1. The zero-order valence-corrected chi connectivity index (χ0v) is 13.1. The molecule has 1 aliphatic rings. The second-order valence-corrected chi connectivity index (χ2v) is 6.12. The van der Waals surface area contributed by atoms with E-state index in [1.165, 1.54) is 0 Å². The number of carbonyl (C=O) groups excluding carboxylic acids is 1. The van der Waals surface area contributed by atoms with Gasteiger partial charge in [-0.25, -0.2) is 0 Å². The van der Waals surface area contributed by atoms with Gasteiger partial charge in [0.15, 0.2) is 0 Å². The molecule has 1 amide bonds. The highest BCUT2D eigenvalue weighted by molar-refractivity contribution is 5.92. The van der Waals surface area contributed by atoms with Gasteiger partial charge in [-0.3, -0.25) is 14.5 Å². The van der Waals surface area contributed by atoms with E-state index in [-0.39, 0.29) is 11.9 Å². The molecule has 0 radical (unpaired) electrons. The Hall–Kier alpha value is -2.17. The van der Waals surface area contributed by atoms with E-state index in [1.807, 2.05) is 46.2 Å². The summed E-state index contributed by atoms with van der Waals surface area (Å²) < 4.78 is 1.83. The first-order valence-corrected chi connectivity index (χ1v) is 7.90. The molecule has 1 atom stereocenters. The second-order valence-electron chi connectivity index (χ2n) is 6.12. The van der Waals surface area contributed by atoms with Crippen LogP contribution in [0.3, 0.4) is 0 Å². The van der Waals surface area contributed by atoms with Crippen LogP contribution >= 0.6 is 0 Å². The van der Waals surface area contributed by atoms with Gasteiger partial charge in [-0.1, -0.05) is 6.07 Å². The lowest BCUT2D eigenvalue weighted by atomic mass is 9.94. The van der Waals surface area contributed by atoms with Crippen LogP contribution in [-0.4, -0.2) is 38.7 Å². The minimum atomic E-state index is 0.0278. The maximum atomic E-state index is 12.6. The number of pyridine rings is 1.